The molecule has 0 aromatic heterocycles. The molecule has 0 bridgehead atoms. The molecule has 0 aromatic rings. The van der Waals surface area contributed by atoms with E-state index in [-0.39, 0.29) is 50.3 Å². The van der Waals surface area contributed by atoms with Crippen molar-refractivity contribution < 1.29 is 66.5 Å². The van der Waals surface area contributed by atoms with E-state index in [0.717, 1.165) is 51.4 Å². The summed E-state index contributed by atoms with van der Waals surface area (Å²) in [4.78, 5) is 51.6. The molecule has 2 rings (SSSR count). The van der Waals surface area contributed by atoms with Gasteiger partial charge in [-0.1, -0.05) is 113 Å². The average molecular weight is 904 g/mol. The minimum atomic E-state index is -4.57. The number of carbonyl (C=O) groups excluding carboxylic acids is 4. The van der Waals surface area contributed by atoms with Gasteiger partial charge in [-0.15, -0.1) is 13.2 Å². The standard InChI is InChI=1S/C47H70NO14P/c1-7-13-14-15-16-24-43(50)60-40-23-19-21-37(35-40)20-17-18-22-39(49)36-42(62-63(55,58-33-10-4)59-34-11-5)47(54,28-27-41-38(12-6)25-26-44(51)61-41)29-30-48(45(52)56-31-8-2)46(53)57-32-9-3/h8-11,17-18,20,22,25-28,37-42,49,54H,2-5,7,12-16,19,21,23-24,29-36H2,1,6H3/b20-17-,22-18-,28-27+/t37-,38+,39+,40+,41-,42+,47+/m1/s1. The minimum absolute atomic E-state index is 0.138. The highest BCUT2D eigenvalue weighted by molar-refractivity contribution is 7.48. The number of carbonyl (C=O) groups is 4. The summed E-state index contributed by atoms with van der Waals surface area (Å²) in [6, 6.07) is 0. The second-order valence-corrected chi connectivity index (χ2v) is 16.9. The Kier molecular flexibility index (Phi) is 26.7. The number of allylic oxidation sites excluding steroid dienone is 3. The molecule has 0 saturated heterocycles. The smallest absolute Gasteiger partial charge is 0.462 e. The Morgan fingerprint density at radius 2 is 1.59 bits per heavy atom. The van der Waals surface area contributed by atoms with Gasteiger partial charge in [0.25, 0.3) is 0 Å². The van der Waals surface area contributed by atoms with Crippen LogP contribution in [0.5, 0.6) is 0 Å². The third kappa shape index (κ3) is 21.2. The molecule has 2 N–H and O–H groups in total. The van der Waals surface area contributed by atoms with Gasteiger partial charge in [0, 0.05) is 37.8 Å². The van der Waals surface area contributed by atoms with E-state index in [4.69, 9.17) is 32.5 Å². The van der Waals surface area contributed by atoms with Gasteiger partial charge in [-0.2, -0.15) is 0 Å². The van der Waals surface area contributed by atoms with Crippen molar-refractivity contribution >= 4 is 31.9 Å². The molecule has 15 nitrogen and oxygen atoms in total. The maximum absolute atomic E-state index is 14.1. The van der Waals surface area contributed by atoms with Crippen molar-refractivity contribution in [2.24, 2.45) is 11.8 Å². The van der Waals surface area contributed by atoms with Gasteiger partial charge in [0.05, 0.1) is 19.3 Å². The Morgan fingerprint density at radius 1 is 0.937 bits per heavy atom. The first kappa shape index (κ1) is 54.8. The SMILES string of the molecule is C=CCOC(=O)N(CC[C@@](O)(/C=C/[C@H]1OC(=O)C=C[C@@H]1CC)[C@H](C[C@@H](O)/C=C\C=C/[C@@H]1CCC[C@H](OC(=O)CCCCCCC)C1)OP(=O)(OCC=C)OCC=C)C(=O)OCC=C. The summed E-state index contributed by atoms with van der Waals surface area (Å²) >= 11 is 0. The minimum Gasteiger partial charge on any atom is -0.462 e. The molecule has 2 amide bonds. The molecule has 0 spiro atoms. The predicted molar refractivity (Wildman–Crippen MR) is 240 cm³/mol. The van der Waals surface area contributed by atoms with E-state index in [1.807, 2.05) is 13.0 Å². The van der Waals surface area contributed by atoms with E-state index >= 15 is 0 Å². The summed E-state index contributed by atoms with van der Waals surface area (Å²) in [6.45, 7) is 16.6. The maximum Gasteiger partial charge on any atom is 0.475 e. The third-order valence-corrected chi connectivity index (χ3v) is 11.7. The molecule has 1 aliphatic heterocycles. The van der Waals surface area contributed by atoms with E-state index in [9.17, 15) is 34.0 Å². The maximum atomic E-state index is 14.1. The molecule has 0 radical (unpaired) electrons. The zero-order valence-corrected chi connectivity index (χ0v) is 38.0. The van der Waals surface area contributed by atoms with Crippen molar-refractivity contribution in [2.75, 3.05) is 33.0 Å². The quantitative estimate of drug-likeness (QED) is 0.0167. The van der Waals surface area contributed by atoms with Crippen LogP contribution in [-0.2, 0) is 46.7 Å². The van der Waals surface area contributed by atoms with Crippen LogP contribution in [0.1, 0.15) is 97.3 Å². The Bertz CT molecular complexity index is 1600. The number of imide groups is 1. The zero-order valence-electron chi connectivity index (χ0n) is 37.1. The lowest BCUT2D eigenvalue weighted by molar-refractivity contribution is -0.151. The van der Waals surface area contributed by atoms with Crippen LogP contribution in [0.3, 0.4) is 0 Å². The highest BCUT2D eigenvalue weighted by Gasteiger charge is 2.44. The van der Waals surface area contributed by atoms with Crippen LogP contribution in [0, 0.1) is 11.8 Å². The van der Waals surface area contributed by atoms with Gasteiger partial charge < -0.3 is 29.2 Å². The number of aliphatic hydroxyl groups excluding tert-OH is 1. The second kappa shape index (κ2) is 30.7. The molecule has 1 aliphatic carbocycles. The molecule has 16 heteroatoms. The number of phosphoric ester groups is 1. The number of unbranched alkanes of at least 4 members (excludes halogenated alkanes) is 4. The first-order valence-electron chi connectivity index (χ1n) is 21.9. The highest BCUT2D eigenvalue weighted by atomic mass is 31.2. The van der Waals surface area contributed by atoms with Crippen molar-refractivity contribution in [1.29, 1.82) is 0 Å². The van der Waals surface area contributed by atoms with Crippen LogP contribution in [-0.4, -0.2) is 102 Å². The molecule has 63 heavy (non-hydrogen) atoms. The molecule has 2 aliphatic rings. The van der Waals surface area contributed by atoms with Crippen molar-refractivity contribution in [2.45, 2.75) is 127 Å². The van der Waals surface area contributed by atoms with E-state index in [1.54, 1.807) is 18.2 Å². The molecule has 352 valence electrons. The summed E-state index contributed by atoms with van der Waals surface area (Å²) in [6.07, 6.45) is 20.0. The monoisotopic (exact) mass is 903 g/mol. The number of amides is 2. The summed E-state index contributed by atoms with van der Waals surface area (Å²) in [7, 11) is -4.57. The lowest BCUT2D eigenvalue weighted by atomic mass is 9.86. The largest absolute Gasteiger partial charge is 0.475 e. The molecule has 7 atom stereocenters. The number of ether oxygens (including phenoxy) is 4. The second-order valence-electron chi connectivity index (χ2n) is 15.3. The van der Waals surface area contributed by atoms with Gasteiger partial charge in [-0.25, -0.2) is 23.8 Å². The lowest BCUT2D eigenvalue weighted by Crippen LogP contribution is -2.48. The molecule has 1 heterocycles. The number of hydrogen-bond donors (Lipinski definition) is 2. The average Bonchev–Trinajstić information content (AvgIpc) is 3.27. The predicted octanol–water partition coefficient (Wildman–Crippen LogP) is 9.34. The van der Waals surface area contributed by atoms with Gasteiger partial charge in [0.15, 0.2) is 0 Å². The summed E-state index contributed by atoms with van der Waals surface area (Å²) in [5, 5.41) is 24.1. The van der Waals surface area contributed by atoms with Gasteiger partial charge in [-0.3, -0.25) is 18.4 Å². The number of aliphatic hydroxyl groups is 2. The highest BCUT2D eigenvalue weighted by Crippen LogP contribution is 2.53. The molecular weight excluding hydrogens is 833 g/mol. The fraction of sp³-hybridized carbons (Fsp3) is 0.574. The normalized spacial score (nSPS) is 21.0. The lowest BCUT2D eigenvalue weighted by Gasteiger charge is -2.37. The number of esters is 2. The molecule has 1 saturated carbocycles. The van der Waals surface area contributed by atoms with Crippen LogP contribution < -0.4 is 0 Å². The van der Waals surface area contributed by atoms with E-state index in [0.29, 0.717) is 24.2 Å². The van der Waals surface area contributed by atoms with Gasteiger partial charge >= 0.3 is 31.9 Å². The molecule has 0 aromatic carbocycles. The molecule has 1 fully saturated rings. The topological polar surface area (TPSA) is 194 Å². The Labute approximate surface area is 373 Å². The van der Waals surface area contributed by atoms with Crippen LogP contribution >= 0.6 is 7.82 Å². The summed E-state index contributed by atoms with van der Waals surface area (Å²) in [5.41, 5.74) is -2.30. The fourth-order valence-electron chi connectivity index (χ4n) is 6.87. The number of nitrogens with zero attached hydrogens (tertiary/aromatic N) is 1. The van der Waals surface area contributed by atoms with Gasteiger partial charge in [-0.05, 0) is 50.5 Å². The first-order chi connectivity index (χ1) is 30.3. The Morgan fingerprint density at radius 3 is 2.21 bits per heavy atom. The fourth-order valence-corrected chi connectivity index (χ4v) is 8.23. The van der Waals surface area contributed by atoms with Crippen LogP contribution in [0.4, 0.5) is 9.59 Å². The number of rotatable bonds is 31. The molecule has 0 unspecified atom stereocenters. The van der Waals surface area contributed by atoms with Crippen LogP contribution in [0.2, 0.25) is 0 Å². The van der Waals surface area contributed by atoms with Crippen molar-refractivity contribution in [3.8, 4) is 0 Å². The Hall–Kier alpha value is -4.37. The van der Waals surface area contributed by atoms with E-state index in [1.165, 1.54) is 48.6 Å². The number of cyclic esters (lactones) is 1. The molecular formula is C47H70NO14P. The van der Waals surface area contributed by atoms with Crippen molar-refractivity contribution in [3.05, 3.63) is 99.2 Å². The van der Waals surface area contributed by atoms with Gasteiger partial charge in [0.2, 0.25) is 0 Å². The summed E-state index contributed by atoms with van der Waals surface area (Å²) < 4.78 is 52.7. The number of phosphoric acid groups is 1. The number of hydrogen-bond acceptors (Lipinski definition) is 14. The zero-order chi connectivity index (χ0) is 46.5. The summed E-state index contributed by atoms with van der Waals surface area (Å²) in [5.74, 6) is -0.927. The van der Waals surface area contributed by atoms with Crippen molar-refractivity contribution in [1.82, 2.24) is 4.90 Å². The van der Waals surface area contributed by atoms with E-state index in [2.05, 4.69) is 33.2 Å². The first-order valence-corrected chi connectivity index (χ1v) is 23.4. The van der Waals surface area contributed by atoms with Crippen LogP contribution in [0.25, 0.3) is 0 Å². The van der Waals surface area contributed by atoms with Gasteiger partial charge in [0.1, 0.15) is 37.1 Å². The van der Waals surface area contributed by atoms with Crippen LogP contribution in [0.15, 0.2) is 99.2 Å². The third-order valence-electron chi connectivity index (χ3n) is 10.3. The van der Waals surface area contributed by atoms with Crippen molar-refractivity contribution in [3.63, 3.8) is 0 Å². The Balaban J connectivity index is 2.48. The van der Waals surface area contributed by atoms with E-state index < -0.39 is 69.3 Å².